The number of amides is 2. The van der Waals surface area contributed by atoms with Crippen molar-refractivity contribution in [1.29, 1.82) is 0 Å². The van der Waals surface area contributed by atoms with Gasteiger partial charge in [-0.3, -0.25) is 4.79 Å². The van der Waals surface area contributed by atoms with E-state index in [2.05, 4.69) is 15.6 Å². The number of hydrogen-bond acceptors (Lipinski definition) is 9. The second-order valence-electron chi connectivity index (χ2n) is 8.29. The normalized spacial score (nSPS) is 22.2. The molecule has 1 N–H and O–H groups in total. The van der Waals surface area contributed by atoms with E-state index in [1.807, 2.05) is 13.8 Å². The number of methoxy groups -OCH3 is 3. The SMILES string of the molecule is COc1cc(-c2c(C(=O)N3C[C@@H](C)O[C@@H](C)C3)nnn2CC2COC(=O)N2)cc(OC)c1OC. The van der Waals surface area contributed by atoms with Crippen LogP contribution in [0.25, 0.3) is 11.3 Å². The van der Waals surface area contributed by atoms with E-state index in [1.165, 1.54) is 21.3 Å². The standard InChI is InChI=1S/C22H29N5O7/c1-12-8-26(9-13(2)34-12)21(28)18-19(27(25-24-18)10-15-11-33-22(29)23-15)14-6-16(30-3)20(32-5)17(7-14)31-4/h6-7,12-13,15H,8-11H2,1-5H3,(H,23,29)/t12-,13+,15?. The number of cyclic esters (lactones) is 1. The van der Waals surface area contributed by atoms with Crippen molar-refractivity contribution in [3.8, 4) is 28.5 Å². The summed E-state index contributed by atoms with van der Waals surface area (Å²) in [6.45, 7) is 5.18. The summed E-state index contributed by atoms with van der Waals surface area (Å²) in [4.78, 5) is 26.8. The number of rotatable bonds is 7. The molecule has 0 bridgehead atoms. The van der Waals surface area contributed by atoms with Crippen molar-refractivity contribution in [3.05, 3.63) is 17.8 Å². The molecule has 2 saturated heterocycles. The Labute approximate surface area is 197 Å². The summed E-state index contributed by atoms with van der Waals surface area (Å²) in [7, 11) is 4.56. The number of aromatic nitrogens is 3. The summed E-state index contributed by atoms with van der Waals surface area (Å²) >= 11 is 0. The number of carbonyl (C=O) groups excluding carboxylic acids is 2. The summed E-state index contributed by atoms with van der Waals surface area (Å²) in [5.74, 6) is 1.01. The summed E-state index contributed by atoms with van der Waals surface area (Å²) < 4.78 is 28.8. The highest BCUT2D eigenvalue weighted by atomic mass is 16.6. The van der Waals surface area contributed by atoms with E-state index in [0.717, 1.165) is 0 Å². The van der Waals surface area contributed by atoms with Crippen LogP contribution in [-0.2, 0) is 16.0 Å². The van der Waals surface area contributed by atoms with Crippen molar-refractivity contribution < 1.29 is 33.3 Å². The molecule has 0 spiro atoms. The number of nitrogens with one attached hydrogen (secondary N) is 1. The van der Waals surface area contributed by atoms with Gasteiger partial charge >= 0.3 is 6.09 Å². The van der Waals surface area contributed by atoms with Crippen LogP contribution in [0.5, 0.6) is 17.2 Å². The Morgan fingerprint density at radius 3 is 2.29 bits per heavy atom. The van der Waals surface area contributed by atoms with Crippen LogP contribution in [0.15, 0.2) is 12.1 Å². The van der Waals surface area contributed by atoms with Crippen molar-refractivity contribution in [3.63, 3.8) is 0 Å². The highest BCUT2D eigenvalue weighted by Crippen LogP contribution is 2.42. The Bertz CT molecular complexity index is 1040. The molecular weight excluding hydrogens is 446 g/mol. The van der Waals surface area contributed by atoms with Gasteiger partial charge in [0.1, 0.15) is 12.3 Å². The molecule has 2 aromatic rings. The lowest BCUT2D eigenvalue weighted by atomic mass is 10.1. The van der Waals surface area contributed by atoms with Gasteiger partial charge in [-0.25, -0.2) is 9.48 Å². The van der Waals surface area contributed by atoms with Gasteiger partial charge in [-0.05, 0) is 26.0 Å². The average molecular weight is 476 g/mol. The van der Waals surface area contributed by atoms with Crippen LogP contribution in [0, 0.1) is 0 Å². The Hall–Kier alpha value is -3.54. The zero-order chi connectivity index (χ0) is 24.4. The third-order valence-electron chi connectivity index (χ3n) is 5.71. The molecular formula is C22H29N5O7. The molecule has 1 aromatic heterocycles. The Kier molecular flexibility index (Phi) is 6.77. The van der Waals surface area contributed by atoms with E-state index in [0.29, 0.717) is 41.6 Å². The van der Waals surface area contributed by atoms with Crippen molar-refractivity contribution in [2.24, 2.45) is 0 Å². The average Bonchev–Trinajstić information content (AvgIpc) is 3.42. The van der Waals surface area contributed by atoms with E-state index in [9.17, 15) is 9.59 Å². The Balaban J connectivity index is 1.79. The van der Waals surface area contributed by atoms with Crippen molar-refractivity contribution in [2.75, 3.05) is 41.0 Å². The van der Waals surface area contributed by atoms with Crippen LogP contribution in [-0.4, -0.2) is 91.2 Å². The van der Waals surface area contributed by atoms with E-state index < -0.39 is 6.09 Å². The minimum absolute atomic E-state index is 0.0989. The molecule has 2 amide bonds. The largest absolute Gasteiger partial charge is 0.493 e. The summed E-state index contributed by atoms with van der Waals surface area (Å²) in [5, 5.41) is 11.2. The van der Waals surface area contributed by atoms with Gasteiger partial charge in [0.25, 0.3) is 5.91 Å². The third kappa shape index (κ3) is 4.58. The number of hydrogen-bond donors (Lipinski definition) is 1. The molecule has 1 aromatic carbocycles. The van der Waals surface area contributed by atoms with Crippen LogP contribution in [0.4, 0.5) is 4.79 Å². The minimum atomic E-state index is -0.493. The number of benzene rings is 1. The number of nitrogens with zero attached hydrogens (tertiary/aromatic N) is 4. The molecule has 1 unspecified atom stereocenters. The molecule has 2 aliphatic heterocycles. The summed E-state index contributed by atoms with van der Waals surface area (Å²) in [6.07, 6.45) is -0.691. The monoisotopic (exact) mass is 475 g/mol. The van der Waals surface area contributed by atoms with Crippen molar-refractivity contribution in [2.45, 2.75) is 38.6 Å². The first-order chi connectivity index (χ1) is 16.3. The quantitative estimate of drug-likeness (QED) is 0.631. The maximum absolute atomic E-state index is 13.6. The smallest absolute Gasteiger partial charge is 0.407 e. The van der Waals surface area contributed by atoms with Crippen LogP contribution in [0.1, 0.15) is 24.3 Å². The summed E-state index contributed by atoms with van der Waals surface area (Å²) in [5.41, 5.74) is 1.25. The molecule has 184 valence electrons. The second-order valence-corrected chi connectivity index (χ2v) is 8.29. The fourth-order valence-electron chi connectivity index (χ4n) is 4.32. The first kappa shape index (κ1) is 23.6. The van der Waals surface area contributed by atoms with Crippen LogP contribution in [0.3, 0.4) is 0 Å². The molecule has 0 radical (unpaired) electrons. The molecule has 34 heavy (non-hydrogen) atoms. The van der Waals surface area contributed by atoms with Crippen LogP contribution >= 0.6 is 0 Å². The van der Waals surface area contributed by atoms with Gasteiger partial charge < -0.3 is 33.9 Å². The highest BCUT2D eigenvalue weighted by molar-refractivity contribution is 5.98. The predicted molar refractivity (Wildman–Crippen MR) is 119 cm³/mol. The van der Waals surface area contributed by atoms with E-state index in [1.54, 1.807) is 21.7 Å². The van der Waals surface area contributed by atoms with E-state index >= 15 is 0 Å². The minimum Gasteiger partial charge on any atom is -0.493 e. The fourth-order valence-corrected chi connectivity index (χ4v) is 4.32. The van der Waals surface area contributed by atoms with Crippen molar-refractivity contribution >= 4 is 12.0 Å². The molecule has 12 nitrogen and oxygen atoms in total. The molecule has 4 rings (SSSR count). The van der Waals surface area contributed by atoms with Crippen LogP contribution in [0.2, 0.25) is 0 Å². The fraction of sp³-hybridized carbons (Fsp3) is 0.545. The van der Waals surface area contributed by atoms with Gasteiger partial charge in [0.15, 0.2) is 17.2 Å². The number of ether oxygens (including phenoxy) is 5. The van der Waals surface area contributed by atoms with Gasteiger partial charge in [-0.2, -0.15) is 0 Å². The highest BCUT2D eigenvalue weighted by Gasteiger charge is 2.33. The zero-order valence-electron chi connectivity index (χ0n) is 19.9. The summed E-state index contributed by atoms with van der Waals surface area (Å²) in [6, 6.07) is 3.16. The third-order valence-corrected chi connectivity index (χ3v) is 5.71. The number of alkyl carbamates (subject to hydrolysis) is 1. The molecule has 12 heteroatoms. The number of carbonyl (C=O) groups is 2. The first-order valence-corrected chi connectivity index (χ1v) is 11.0. The molecule has 2 fully saturated rings. The first-order valence-electron chi connectivity index (χ1n) is 11.0. The molecule has 0 aliphatic carbocycles. The van der Waals surface area contributed by atoms with Gasteiger partial charge in [-0.1, -0.05) is 5.21 Å². The topological polar surface area (TPSA) is 126 Å². The molecule has 3 atom stereocenters. The van der Waals surface area contributed by atoms with E-state index in [-0.39, 0.29) is 43.0 Å². The maximum atomic E-state index is 13.6. The lowest BCUT2D eigenvalue weighted by Crippen LogP contribution is -2.48. The predicted octanol–water partition coefficient (Wildman–Crippen LogP) is 1.33. The van der Waals surface area contributed by atoms with Gasteiger partial charge in [0.2, 0.25) is 5.75 Å². The molecule has 2 aliphatic rings. The maximum Gasteiger partial charge on any atom is 0.407 e. The Morgan fingerprint density at radius 1 is 1.12 bits per heavy atom. The lowest BCUT2D eigenvalue weighted by Gasteiger charge is -2.35. The van der Waals surface area contributed by atoms with Crippen molar-refractivity contribution in [1.82, 2.24) is 25.2 Å². The van der Waals surface area contributed by atoms with Gasteiger partial charge in [0.05, 0.1) is 46.1 Å². The second kappa shape index (κ2) is 9.75. The van der Waals surface area contributed by atoms with E-state index in [4.69, 9.17) is 23.7 Å². The molecule has 3 heterocycles. The Morgan fingerprint density at radius 2 is 1.76 bits per heavy atom. The van der Waals surface area contributed by atoms with Gasteiger partial charge in [-0.15, -0.1) is 5.10 Å². The van der Waals surface area contributed by atoms with Crippen LogP contribution < -0.4 is 19.5 Å². The zero-order valence-corrected chi connectivity index (χ0v) is 19.9. The molecule has 0 saturated carbocycles. The lowest BCUT2D eigenvalue weighted by molar-refractivity contribution is -0.0587. The van der Waals surface area contributed by atoms with Gasteiger partial charge in [0, 0.05) is 18.7 Å². The number of morpholine rings is 1.